The first kappa shape index (κ1) is 21.6. The molecule has 1 heterocycles. The van der Waals surface area contributed by atoms with Crippen LogP contribution in [-0.4, -0.2) is 31.0 Å². The lowest BCUT2D eigenvalue weighted by Gasteiger charge is -2.26. The molecule has 6 nitrogen and oxygen atoms in total. The molecule has 0 aliphatic carbocycles. The third-order valence-electron chi connectivity index (χ3n) is 5.32. The lowest BCUT2D eigenvalue weighted by Crippen LogP contribution is -2.29. The van der Waals surface area contributed by atoms with E-state index < -0.39 is 17.7 Å². The summed E-state index contributed by atoms with van der Waals surface area (Å²) < 4.78 is 11.6. The topological polar surface area (TPSA) is 76.1 Å². The van der Waals surface area contributed by atoms with Gasteiger partial charge in [-0.25, -0.2) is 0 Å². The molecule has 1 aliphatic heterocycles. The second kappa shape index (κ2) is 8.88. The first-order chi connectivity index (χ1) is 15.5. The standard InChI is InChI=1S/C25H20BrNO5/c1-31-19-13-10-16(14-20(19)32-2)22-21(23(28)15-8-11-17(26)12-9-15)24(29)25(30)27(22)18-6-4-3-5-7-18/h3-14,22,28H,1-2H3/t22-/m1/s1. The molecule has 0 bridgehead atoms. The molecule has 3 aromatic rings. The second-order valence-electron chi connectivity index (χ2n) is 7.13. The number of aliphatic hydroxyl groups excluding tert-OH is 1. The van der Waals surface area contributed by atoms with Gasteiger partial charge in [0.25, 0.3) is 11.7 Å². The zero-order valence-corrected chi connectivity index (χ0v) is 19.0. The fourth-order valence-corrected chi connectivity index (χ4v) is 4.05. The molecule has 162 valence electrons. The van der Waals surface area contributed by atoms with Gasteiger partial charge in [-0.1, -0.05) is 52.3 Å². The summed E-state index contributed by atoms with van der Waals surface area (Å²) >= 11 is 3.36. The van der Waals surface area contributed by atoms with Crippen LogP contribution in [0, 0.1) is 0 Å². The normalized spacial score (nSPS) is 17.5. The van der Waals surface area contributed by atoms with Gasteiger partial charge in [-0.15, -0.1) is 0 Å². The first-order valence-electron chi connectivity index (χ1n) is 9.80. The summed E-state index contributed by atoms with van der Waals surface area (Å²) in [5.41, 5.74) is 1.59. The smallest absolute Gasteiger partial charge is 0.300 e. The predicted molar refractivity (Wildman–Crippen MR) is 125 cm³/mol. The molecule has 1 fully saturated rings. The van der Waals surface area contributed by atoms with Crippen LogP contribution in [0.5, 0.6) is 11.5 Å². The summed E-state index contributed by atoms with van der Waals surface area (Å²) in [6, 6.07) is 20.1. The largest absolute Gasteiger partial charge is 0.507 e. The molecule has 1 aliphatic rings. The molecule has 0 unspecified atom stereocenters. The van der Waals surface area contributed by atoms with Gasteiger partial charge in [-0.3, -0.25) is 14.5 Å². The number of halogens is 1. The molecule has 1 amide bonds. The molecular formula is C25H20BrNO5. The number of para-hydroxylation sites is 1. The van der Waals surface area contributed by atoms with Gasteiger partial charge in [0.2, 0.25) is 0 Å². The van der Waals surface area contributed by atoms with Crippen LogP contribution in [0.1, 0.15) is 17.2 Å². The summed E-state index contributed by atoms with van der Waals surface area (Å²) in [4.78, 5) is 27.7. The number of carbonyl (C=O) groups excluding carboxylic acids is 2. The van der Waals surface area contributed by atoms with Gasteiger partial charge in [-0.2, -0.15) is 0 Å². The molecule has 0 saturated carbocycles. The number of rotatable bonds is 5. The molecule has 0 spiro atoms. The minimum Gasteiger partial charge on any atom is -0.507 e. The van der Waals surface area contributed by atoms with Crippen LogP contribution < -0.4 is 14.4 Å². The minimum atomic E-state index is -0.846. The van der Waals surface area contributed by atoms with Crippen molar-refractivity contribution in [3.63, 3.8) is 0 Å². The van der Waals surface area contributed by atoms with Crippen LogP contribution in [0.25, 0.3) is 5.76 Å². The Hall–Kier alpha value is -3.58. The highest BCUT2D eigenvalue weighted by Gasteiger charge is 2.47. The van der Waals surface area contributed by atoms with Gasteiger partial charge < -0.3 is 14.6 Å². The van der Waals surface area contributed by atoms with E-state index in [-0.39, 0.29) is 11.3 Å². The fourth-order valence-electron chi connectivity index (χ4n) is 3.79. The van der Waals surface area contributed by atoms with Crippen LogP contribution in [0.15, 0.2) is 82.8 Å². The molecule has 32 heavy (non-hydrogen) atoms. The number of amides is 1. The summed E-state index contributed by atoms with van der Waals surface area (Å²) in [6.07, 6.45) is 0. The third kappa shape index (κ3) is 3.76. The van der Waals surface area contributed by atoms with Crippen molar-refractivity contribution in [3.8, 4) is 11.5 Å². The Bertz CT molecular complexity index is 1200. The van der Waals surface area contributed by atoms with E-state index in [4.69, 9.17) is 9.47 Å². The van der Waals surface area contributed by atoms with E-state index in [0.29, 0.717) is 28.3 Å². The van der Waals surface area contributed by atoms with Crippen LogP contribution in [0.4, 0.5) is 5.69 Å². The summed E-state index contributed by atoms with van der Waals surface area (Å²) in [6.45, 7) is 0. The zero-order valence-electron chi connectivity index (χ0n) is 17.4. The highest BCUT2D eigenvalue weighted by atomic mass is 79.9. The summed E-state index contributed by atoms with van der Waals surface area (Å²) in [7, 11) is 3.04. The number of hydrogen-bond acceptors (Lipinski definition) is 5. The van der Waals surface area contributed by atoms with Crippen molar-refractivity contribution in [2.75, 3.05) is 19.1 Å². The fraction of sp³-hybridized carbons (Fsp3) is 0.120. The van der Waals surface area contributed by atoms with Crippen LogP contribution in [-0.2, 0) is 9.59 Å². The van der Waals surface area contributed by atoms with Crippen LogP contribution in [0.2, 0.25) is 0 Å². The molecule has 7 heteroatoms. The second-order valence-corrected chi connectivity index (χ2v) is 8.04. The zero-order chi connectivity index (χ0) is 22.8. The molecule has 0 radical (unpaired) electrons. The number of carbonyl (C=O) groups is 2. The van der Waals surface area contributed by atoms with E-state index in [0.717, 1.165) is 4.47 Å². The Labute approximate surface area is 193 Å². The van der Waals surface area contributed by atoms with Gasteiger partial charge >= 0.3 is 0 Å². The SMILES string of the molecule is COc1ccc([C@@H]2C(=C(O)c3ccc(Br)cc3)C(=O)C(=O)N2c2ccccc2)cc1OC. The van der Waals surface area contributed by atoms with Crippen molar-refractivity contribution in [2.45, 2.75) is 6.04 Å². The molecule has 1 atom stereocenters. The maximum Gasteiger partial charge on any atom is 0.300 e. The van der Waals surface area contributed by atoms with Gasteiger partial charge in [0.05, 0.1) is 25.8 Å². The molecule has 0 aromatic heterocycles. The Balaban J connectivity index is 1.96. The first-order valence-corrected chi connectivity index (χ1v) is 10.6. The average molecular weight is 494 g/mol. The van der Waals surface area contributed by atoms with E-state index >= 15 is 0 Å². The van der Waals surface area contributed by atoms with Gasteiger partial charge in [0, 0.05) is 15.7 Å². The van der Waals surface area contributed by atoms with Gasteiger partial charge in [-0.05, 0) is 42.0 Å². The van der Waals surface area contributed by atoms with Crippen molar-refractivity contribution in [1.82, 2.24) is 0 Å². The molecular weight excluding hydrogens is 474 g/mol. The number of anilines is 1. The number of ketones is 1. The highest BCUT2D eigenvalue weighted by molar-refractivity contribution is 9.10. The predicted octanol–water partition coefficient (Wildman–Crippen LogP) is 5.09. The number of aliphatic hydroxyl groups is 1. The van der Waals surface area contributed by atoms with Crippen LogP contribution >= 0.6 is 15.9 Å². The van der Waals surface area contributed by atoms with E-state index in [2.05, 4.69) is 15.9 Å². The Kier molecular flexibility index (Phi) is 6.01. The van der Waals surface area contributed by atoms with Gasteiger partial charge in [0.15, 0.2) is 11.5 Å². The number of benzene rings is 3. The quantitative estimate of drug-likeness (QED) is 0.304. The van der Waals surface area contributed by atoms with Crippen molar-refractivity contribution < 1.29 is 24.2 Å². The number of Topliss-reactive ketones (excluding diaryl/α,β-unsaturated/α-hetero) is 1. The minimum absolute atomic E-state index is 0.00777. The Morgan fingerprint density at radius 2 is 1.56 bits per heavy atom. The van der Waals surface area contributed by atoms with Crippen molar-refractivity contribution >= 4 is 39.1 Å². The lowest BCUT2D eigenvalue weighted by atomic mass is 9.94. The molecule has 4 rings (SSSR count). The number of methoxy groups -OCH3 is 2. The monoisotopic (exact) mass is 493 g/mol. The average Bonchev–Trinajstić information content (AvgIpc) is 3.09. The van der Waals surface area contributed by atoms with E-state index in [1.807, 2.05) is 6.07 Å². The van der Waals surface area contributed by atoms with E-state index in [1.54, 1.807) is 66.7 Å². The number of ether oxygens (including phenoxy) is 2. The maximum atomic E-state index is 13.2. The molecule has 3 aromatic carbocycles. The van der Waals surface area contributed by atoms with Gasteiger partial charge in [0.1, 0.15) is 5.76 Å². The van der Waals surface area contributed by atoms with Crippen molar-refractivity contribution in [3.05, 3.63) is 94.0 Å². The number of nitrogens with zero attached hydrogens (tertiary/aromatic N) is 1. The Morgan fingerprint density at radius 3 is 2.19 bits per heavy atom. The van der Waals surface area contributed by atoms with Crippen LogP contribution in [0.3, 0.4) is 0 Å². The Morgan fingerprint density at radius 1 is 0.906 bits per heavy atom. The van der Waals surface area contributed by atoms with E-state index in [1.165, 1.54) is 19.1 Å². The third-order valence-corrected chi connectivity index (χ3v) is 5.85. The highest BCUT2D eigenvalue weighted by Crippen LogP contribution is 2.44. The lowest BCUT2D eigenvalue weighted by molar-refractivity contribution is -0.132. The van der Waals surface area contributed by atoms with Crippen molar-refractivity contribution in [2.24, 2.45) is 0 Å². The van der Waals surface area contributed by atoms with Crippen molar-refractivity contribution in [1.29, 1.82) is 0 Å². The van der Waals surface area contributed by atoms with E-state index in [9.17, 15) is 14.7 Å². The summed E-state index contributed by atoms with van der Waals surface area (Å²) in [5.74, 6) is -0.745. The maximum absolute atomic E-state index is 13.2. The number of hydrogen-bond donors (Lipinski definition) is 1. The molecule has 1 N–H and O–H groups in total. The summed E-state index contributed by atoms with van der Waals surface area (Å²) in [5, 5.41) is 11.1. The molecule has 1 saturated heterocycles.